The van der Waals surface area contributed by atoms with Crippen molar-refractivity contribution in [2.24, 2.45) is 0 Å². The quantitative estimate of drug-likeness (QED) is 0.113. The maximum absolute atomic E-state index is 11.8. The number of hydrogen-bond donors (Lipinski definition) is 3. The molecular formula is C43H52N4O4. The predicted molar refractivity (Wildman–Crippen MR) is 210 cm³/mol. The summed E-state index contributed by atoms with van der Waals surface area (Å²) in [4.78, 5) is 24.5. The third-order valence-corrected chi connectivity index (χ3v) is 10.9. The van der Waals surface area contributed by atoms with E-state index in [4.69, 9.17) is 9.84 Å². The fourth-order valence-corrected chi connectivity index (χ4v) is 7.88. The lowest BCUT2D eigenvalue weighted by atomic mass is 9.77. The summed E-state index contributed by atoms with van der Waals surface area (Å²) in [5.41, 5.74) is 11.1. The van der Waals surface area contributed by atoms with E-state index in [-0.39, 0.29) is 0 Å². The van der Waals surface area contributed by atoms with E-state index in [1.54, 1.807) is 6.08 Å². The van der Waals surface area contributed by atoms with E-state index in [0.29, 0.717) is 12.5 Å². The molecule has 2 heterocycles. The van der Waals surface area contributed by atoms with E-state index in [9.17, 15) is 9.59 Å². The number of carboxylic acid groups (broad SMARTS) is 1. The number of anilines is 2. The molecule has 3 aliphatic rings. The maximum atomic E-state index is 11.8. The second kappa shape index (κ2) is 15.5. The van der Waals surface area contributed by atoms with Gasteiger partial charge in [0, 0.05) is 72.9 Å². The van der Waals surface area contributed by atoms with Crippen molar-refractivity contribution >= 4 is 46.3 Å². The van der Waals surface area contributed by atoms with Crippen LogP contribution in [-0.2, 0) is 16.1 Å². The molecule has 2 aliphatic carbocycles. The number of aliphatic carboxylic acids is 1. The zero-order valence-electron chi connectivity index (χ0n) is 30.6. The highest BCUT2D eigenvalue weighted by Gasteiger charge is 2.37. The molecule has 51 heavy (non-hydrogen) atoms. The van der Waals surface area contributed by atoms with Gasteiger partial charge in [0.05, 0.1) is 17.8 Å². The number of carboxylic acids is 1. The van der Waals surface area contributed by atoms with Gasteiger partial charge in [0.15, 0.2) is 0 Å². The van der Waals surface area contributed by atoms with Crippen molar-refractivity contribution in [1.29, 1.82) is 0 Å². The van der Waals surface area contributed by atoms with Crippen LogP contribution in [0.2, 0.25) is 0 Å². The molecule has 0 amide bonds. The van der Waals surface area contributed by atoms with Gasteiger partial charge in [-0.25, -0.2) is 4.79 Å². The summed E-state index contributed by atoms with van der Waals surface area (Å²) in [5.74, 6) is 0.580. The lowest BCUT2D eigenvalue weighted by molar-refractivity contribution is -0.131. The number of fused-ring (bicyclic) bond motifs is 5. The molecule has 0 radical (unpaired) electrons. The van der Waals surface area contributed by atoms with Gasteiger partial charge >= 0.3 is 5.97 Å². The zero-order chi connectivity index (χ0) is 36.1. The number of hydrogen-bond acceptors (Lipinski definition) is 6. The van der Waals surface area contributed by atoms with Crippen LogP contribution in [0.15, 0.2) is 67.3 Å². The second-order valence-electron chi connectivity index (χ2n) is 14.2. The molecule has 1 aromatic heterocycles. The minimum Gasteiger partial charge on any atom is -0.494 e. The normalized spacial score (nSPS) is 16.6. The molecule has 8 heteroatoms. The summed E-state index contributed by atoms with van der Waals surface area (Å²) >= 11 is 0. The number of carbonyl (C=O) groups is 2. The molecule has 0 unspecified atom stereocenters. The van der Waals surface area contributed by atoms with E-state index >= 15 is 0 Å². The van der Waals surface area contributed by atoms with Crippen molar-refractivity contribution in [3.63, 3.8) is 0 Å². The number of ether oxygens (including phenoxy) is 1. The number of nitrogens with one attached hydrogen (secondary N) is 2. The van der Waals surface area contributed by atoms with Crippen LogP contribution in [0, 0.1) is 6.92 Å². The topological polar surface area (TPSA) is 95.8 Å². The molecule has 0 spiro atoms. The van der Waals surface area contributed by atoms with Crippen molar-refractivity contribution in [2.75, 3.05) is 37.5 Å². The Morgan fingerprint density at radius 1 is 1.04 bits per heavy atom. The van der Waals surface area contributed by atoms with E-state index < -0.39 is 11.5 Å². The number of likely N-dealkylation sites (N-methyl/N-ethyl adjacent to an activating group) is 1. The molecule has 8 nitrogen and oxygen atoms in total. The van der Waals surface area contributed by atoms with Crippen LogP contribution in [0.5, 0.6) is 5.75 Å². The minimum absolute atomic E-state index is 0.435. The maximum Gasteiger partial charge on any atom is 0.328 e. The average molecular weight is 689 g/mol. The molecule has 0 bridgehead atoms. The Hall–Kier alpha value is -4.98. The highest BCUT2D eigenvalue weighted by Crippen LogP contribution is 2.48. The summed E-state index contributed by atoms with van der Waals surface area (Å²) in [6, 6.07) is 19.2. The monoisotopic (exact) mass is 688 g/mol. The fraction of sp³-hybridized carbons (Fsp3) is 0.395. The fourth-order valence-electron chi connectivity index (χ4n) is 7.88. The number of carbonyl (C=O) groups excluding carboxylic acids is 1. The predicted octanol–water partition coefficient (Wildman–Crippen LogP) is 9.02. The lowest BCUT2D eigenvalue weighted by Crippen LogP contribution is -2.51. The Morgan fingerprint density at radius 2 is 1.82 bits per heavy atom. The van der Waals surface area contributed by atoms with Crippen molar-refractivity contribution in [3.8, 4) is 17.0 Å². The molecule has 4 aromatic rings. The van der Waals surface area contributed by atoms with E-state index in [2.05, 4.69) is 70.1 Å². The lowest BCUT2D eigenvalue weighted by Gasteiger charge is -2.39. The van der Waals surface area contributed by atoms with Gasteiger partial charge in [-0.3, -0.25) is 0 Å². The highest BCUT2D eigenvalue weighted by atomic mass is 16.5. The molecule has 3 aromatic carbocycles. The smallest absolute Gasteiger partial charge is 0.328 e. The Bertz CT molecular complexity index is 1950. The van der Waals surface area contributed by atoms with Gasteiger partial charge in [-0.1, -0.05) is 44.0 Å². The van der Waals surface area contributed by atoms with Gasteiger partial charge in [-0.15, -0.1) is 0 Å². The Kier molecular flexibility index (Phi) is 10.9. The number of aryl methyl sites for hydroxylation is 1. The first-order valence-corrected chi connectivity index (χ1v) is 18.4. The van der Waals surface area contributed by atoms with Gasteiger partial charge in [0.25, 0.3) is 0 Å². The van der Waals surface area contributed by atoms with Crippen LogP contribution in [-0.4, -0.2) is 54.7 Å². The van der Waals surface area contributed by atoms with Gasteiger partial charge in [-0.05, 0) is 111 Å². The summed E-state index contributed by atoms with van der Waals surface area (Å²) < 4.78 is 8.44. The van der Waals surface area contributed by atoms with Crippen LogP contribution >= 0.6 is 0 Å². The van der Waals surface area contributed by atoms with Crippen molar-refractivity contribution in [3.05, 3.63) is 89.5 Å². The molecule has 1 aliphatic heterocycles. The first-order chi connectivity index (χ1) is 24.7. The molecule has 268 valence electrons. The average Bonchev–Trinajstić information content (AvgIpc) is 3.38. The SMILES string of the molecule is C=C(NC1(C=O)CCC1)c1ccc2c(C3CCCCC3)c3n(c2c1)CCN(C)c1cc(OCC)ccc1-3.CNc1ccc(C)c(/C=C/C(=O)O)c1. The molecule has 0 saturated heterocycles. The van der Waals surface area contributed by atoms with Gasteiger partial charge in [0.2, 0.25) is 0 Å². The number of benzene rings is 3. The van der Waals surface area contributed by atoms with Crippen molar-refractivity contribution in [2.45, 2.75) is 83.2 Å². The first kappa shape index (κ1) is 35.8. The summed E-state index contributed by atoms with van der Waals surface area (Å²) in [6.07, 6.45) is 13.1. The standard InChI is InChI=1S/C32H39N3O2.C11H13NO2/c1-4-37-25-12-14-27-28(20-25)34(3)17-18-35-29-19-24(22(2)33-32(21-36)15-8-16-32)11-13-26(29)30(31(27)35)23-9-6-5-7-10-23;1-8-3-5-10(12-2)7-9(8)4-6-11(13)14/h11-14,19-21,23,33H,2,4-10,15-18H2,1,3H3;3-7,12H,1-2H3,(H,13,14)/b;6-4+. The number of aromatic nitrogens is 1. The minimum atomic E-state index is -0.931. The molecule has 2 fully saturated rings. The summed E-state index contributed by atoms with van der Waals surface area (Å²) in [5, 5.41) is 16.3. The number of aldehydes is 1. The molecule has 7 rings (SSSR count). The molecule has 0 atom stereocenters. The van der Waals surface area contributed by atoms with Gasteiger partial charge in [-0.2, -0.15) is 0 Å². The number of nitrogens with zero attached hydrogens (tertiary/aromatic N) is 2. The molecule has 3 N–H and O–H groups in total. The Balaban J connectivity index is 0.000000270. The Labute approximate surface area is 302 Å². The van der Waals surface area contributed by atoms with Crippen molar-refractivity contribution < 1.29 is 19.4 Å². The van der Waals surface area contributed by atoms with Crippen molar-refractivity contribution in [1.82, 2.24) is 9.88 Å². The zero-order valence-corrected chi connectivity index (χ0v) is 30.6. The van der Waals surface area contributed by atoms with E-state index in [0.717, 1.165) is 78.5 Å². The third-order valence-electron chi connectivity index (χ3n) is 10.9. The molecule has 2 saturated carbocycles. The van der Waals surface area contributed by atoms with E-state index in [1.807, 2.05) is 39.1 Å². The summed E-state index contributed by atoms with van der Waals surface area (Å²) in [6.45, 7) is 10.9. The highest BCUT2D eigenvalue weighted by molar-refractivity contribution is 5.97. The largest absolute Gasteiger partial charge is 0.494 e. The van der Waals surface area contributed by atoms with Crippen LogP contribution in [0.1, 0.15) is 86.5 Å². The summed E-state index contributed by atoms with van der Waals surface area (Å²) in [7, 11) is 4.02. The third kappa shape index (κ3) is 7.55. The molecular weight excluding hydrogens is 636 g/mol. The van der Waals surface area contributed by atoms with Crippen LogP contribution < -0.4 is 20.3 Å². The van der Waals surface area contributed by atoms with Crippen LogP contribution in [0.3, 0.4) is 0 Å². The van der Waals surface area contributed by atoms with Gasteiger partial charge < -0.3 is 34.7 Å². The Morgan fingerprint density at radius 3 is 2.49 bits per heavy atom. The van der Waals surface area contributed by atoms with Gasteiger partial charge in [0.1, 0.15) is 12.0 Å². The first-order valence-electron chi connectivity index (χ1n) is 18.4. The van der Waals surface area contributed by atoms with Crippen LogP contribution in [0.25, 0.3) is 33.9 Å². The number of rotatable bonds is 10. The van der Waals surface area contributed by atoms with Crippen LogP contribution in [0.4, 0.5) is 11.4 Å². The van der Waals surface area contributed by atoms with E-state index in [1.165, 1.54) is 65.5 Å². The second-order valence-corrected chi connectivity index (χ2v) is 14.2.